The Balaban J connectivity index is 2.02. The fourth-order valence-electron chi connectivity index (χ4n) is 2.21. The molecular formula is C19H14ClNO. The average Bonchev–Trinajstić information content (AvgIpc) is 2.57. The fraction of sp³-hybridized carbons (Fsp3) is 0. The van der Waals surface area contributed by atoms with E-state index in [1.165, 1.54) is 0 Å². The van der Waals surface area contributed by atoms with E-state index >= 15 is 0 Å². The number of phenols is 1. The highest BCUT2D eigenvalue weighted by atomic mass is 35.5. The lowest BCUT2D eigenvalue weighted by Gasteiger charge is -2.08. The average molecular weight is 308 g/mol. The first-order valence-corrected chi connectivity index (χ1v) is 7.29. The first-order valence-electron chi connectivity index (χ1n) is 6.91. The number of hydrogen-bond donors (Lipinski definition) is 1. The second-order valence-electron chi connectivity index (χ2n) is 4.85. The summed E-state index contributed by atoms with van der Waals surface area (Å²) in [6, 6.07) is 22.7. The smallest absolute Gasteiger partial charge is 0.132 e. The number of aromatic hydroxyl groups is 1. The van der Waals surface area contributed by atoms with Crippen molar-refractivity contribution in [1.29, 1.82) is 0 Å². The summed E-state index contributed by atoms with van der Waals surface area (Å²) >= 11 is 6.18. The lowest BCUT2D eigenvalue weighted by molar-refractivity contribution is 0.476. The Morgan fingerprint density at radius 3 is 2.18 bits per heavy atom. The summed E-state index contributed by atoms with van der Waals surface area (Å²) in [5.74, 6) is 0.176. The van der Waals surface area contributed by atoms with Crippen LogP contribution in [0.15, 0.2) is 77.8 Å². The zero-order valence-electron chi connectivity index (χ0n) is 11.8. The van der Waals surface area contributed by atoms with E-state index in [-0.39, 0.29) is 5.75 Å². The van der Waals surface area contributed by atoms with Crippen molar-refractivity contribution >= 4 is 23.5 Å². The molecule has 0 bridgehead atoms. The summed E-state index contributed by atoms with van der Waals surface area (Å²) in [6.45, 7) is 0. The number of nitrogens with zero attached hydrogens (tertiary/aromatic N) is 1. The van der Waals surface area contributed by atoms with Crippen molar-refractivity contribution in [2.45, 2.75) is 0 Å². The maximum atomic E-state index is 10.5. The van der Waals surface area contributed by atoms with Crippen molar-refractivity contribution < 1.29 is 5.11 Å². The van der Waals surface area contributed by atoms with Crippen molar-refractivity contribution in [3.63, 3.8) is 0 Å². The highest BCUT2D eigenvalue weighted by Crippen LogP contribution is 2.34. The summed E-state index contributed by atoms with van der Waals surface area (Å²) in [6.07, 6.45) is 1.63. The number of benzene rings is 3. The zero-order valence-corrected chi connectivity index (χ0v) is 12.5. The van der Waals surface area contributed by atoms with Gasteiger partial charge in [-0.25, -0.2) is 0 Å². The first-order chi connectivity index (χ1) is 10.7. The van der Waals surface area contributed by atoms with Crippen LogP contribution >= 0.6 is 11.6 Å². The topological polar surface area (TPSA) is 32.6 Å². The summed E-state index contributed by atoms with van der Waals surface area (Å²) in [7, 11) is 0. The Kier molecular flexibility index (Phi) is 4.22. The van der Waals surface area contributed by atoms with Crippen LogP contribution in [0, 0.1) is 0 Å². The third-order valence-electron chi connectivity index (χ3n) is 3.30. The lowest BCUT2D eigenvalue weighted by atomic mass is 10.0. The molecule has 0 saturated carbocycles. The Labute approximate surface area is 134 Å². The normalized spacial score (nSPS) is 11.0. The maximum Gasteiger partial charge on any atom is 0.132 e. The SMILES string of the molecule is Oc1c(C=Nc2ccccc2)cc(Cl)cc1-c1ccccc1. The first kappa shape index (κ1) is 14.4. The third kappa shape index (κ3) is 3.18. The number of para-hydroxylation sites is 1. The van der Waals surface area contributed by atoms with Gasteiger partial charge in [-0.15, -0.1) is 0 Å². The Morgan fingerprint density at radius 2 is 1.50 bits per heavy atom. The second-order valence-corrected chi connectivity index (χ2v) is 5.29. The number of aliphatic imine (C=N–C) groups is 1. The lowest BCUT2D eigenvalue weighted by Crippen LogP contribution is -1.87. The summed E-state index contributed by atoms with van der Waals surface area (Å²) in [5, 5.41) is 11.1. The number of phenolic OH excluding ortho intramolecular Hbond substituents is 1. The van der Waals surface area contributed by atoms with Gasteiger partial charge in [0.25, 0.3) is 0 Å². The van der Waals surface area contributed by atoms with Crippen LogP contribution in [-0.4, -0.2) is 11.3 Å². The molecule has 0 aliphatic rings. The van der Waals surface area contributed by atoms with E-state index in [0.717, 1.165) is 11.3 Å². The molecule has 0 amide bonds. The van der Waals surface area contributed by atoms with Crippen LogP contribution in [0.1, 0.15) is 5.56 Å². The van der Waals surface area contributed by atoms with Crippen LogP contribution < -0.4 is 0 Å². The van der Waals surface area contributed by atoms with E-state index in [9.17, 15) is 5.11 Å². The molecule has 0 aliphatic heterocycles. The van der Waals surface area contributed by atoms with Gasteiger partial charge in [-0.2, -0.15) is 0 Å². The van der Waals surface area contributed by atoms with Gasteiger partial charge >= 0.3 is 0 Å². The van der Waals surface area contributed by atoms with Gasteiger partial charge in [0.2, 0.25) is 0 Å². The molecule has 2 nitrogen and oxygen atoms in total. The van der Waals surface area contributed by atoms with Gasteiger partial charge in [-0.05, 0) is 29.8 Å². The number of halogens is 1. The van der Waals surface area contributed by atoms with E-state index in [4.69, 9.17) is 11.6 Å². The van der Waals surface area contributed by atoms with Gasteiger partial charge in [0.05, 0.1) is 5.69 Å². The van der Waals surface area contributed by atoms with Crippen LogP contribution in [0.5, 0.6) is 5.75 Å². The molecule has 22 heavy (non-hydrogen) atoms. The van der Waals surface area contributed by atoms with Crippen molar-refractivity contribution in [2.24, 2.45) is 4.99 Å². The third-order valence-corrected chi connectivity index (χ3v) is 3.52. The van der Waals surface area contributed by atoms with Gasteiger partial charge in [0, 0.05) is 22.4 Å². The largest absolute Gasteiger partial charge is 0.507 e. The Bertz CT molecular complexity index is 798. The second kappa shape index (κ2) is 6.46. The van der Waals surface area contributed by atoms with Crippen molar-refractivity contribution in [1.82, 2.24) is 0 Å². The Morgan fingerprint density at radius 1 is 0.864 bits per heavy atom. The van der Waals surface area contributed by atoms with E-state index < -0.39 is 0 Å². The molecule has 3 heteroatoms. The molecule has 0 aromatic heterocycles. The van der Waals surface area contributed by atoms with E-state index in [1.54, 1.807) is 18.3 Å². The van der Waals surface area contributed by atoms with Crippen molar-refractivity contribution in [3.05, 3.63) is 83.4 Å². The minimum atomic E-state index is 0.176. The monoisotopic (exact) mass is 307 g/mol. The molecule has 0 radical (unpaired) electrons. The molecule has 3 rings (SSSR count). The number of hydrogen-bond acceptors (Lipinski definition) is 2. The minimum absolute atomic E-state index is 0.176. The molecule has 3 aromatic carbocycles. The molecule has 0 saturated heterocycles. The molecule has 0 unspecified atom stereocenters. The van der Waals surface area contributed by atoms with E-state index in [0.29, 0.717) is 16.1 Å². The van der Waals surface area contributed by atoms with Crippen LogP contribution in [0.4, 0.5) is 5.69 Å². The summed E-state index contributed by atoms with van der Waals surface area (Å²) < 4.78 is 0. The standard InChI is InChI=1S/C19H14ClNO/c20-16-11-15(13-21-17-9-5-2-6-10-17)19(22)18(12-16)14-7-3-1-4-8-14/h1-13,22H. The molecule has 0 fully saturated rings. The van der Waals surface area contributed by atoms with Crippen LogP contribution in [-0.2, 0) is 0 Å². The summed E-state index contributed by atoms with van der Waals surface area (Å²) in [4.78, 5) is 4.37. The quantitative estimate of drug-likeness (QED) is 0.640. The van der Waals surface area contributed by atoms with Crippen molar-refractivity contribution in [2.75, 3.05) is 0 Å². The molecule has 0 atom stereocenters. The zero-order chi connectivity index (χ0) is 15.4. The highest BCUT2D eigenvalue weighted by molar-refractivity contribution is 6.31. The maximum absolute atomic E-state index is 10.5. The van der Waals surface area contributed by atoms with Crippen LogP contribution in [0.2, 0.25) is 5.02 Å². The Hall–Kier alpha value is -2.58. The predicted octanol–water partition coefficient (Wildman–Crippen LogP) is 5.46. The van der Waals surface area contributed by atoms with Gasteiger partial charge < -0.3 is 5.11 Å². The molecule has 0 heterocycles. The summed E-state index contributed by atoms with van der Waals surface area (Å²) in [5.41, 5.74) is 3.03. The highest BCUT2D eigenvalue weighted by Gasteiger charge is 2.09. The molecule has 3 aromatic rings. The molecule has 0 aliphatic carbocycles. The molecular weight excluding hydrogens is 294 g/mol. The van der Waals surface area contributed by atoms with Crippen LogP contribution in [0.3, 0.4) is 0 Å². The number of rotatable bonds is 3. The molecule has 1 N–H and O–H groups in total. The molecule has 108 valence electrons. The minimum Gasteiger partial charge on any atom is -0.507 e. The molecule has 0 spiro atoms. The van der Waals surface area contributed by atoms with Gasteiger partial charge in [0.1, 0.15) is 5.75 Å². The van der Waals surface area contributed by atoms with E-state index in [2.05, 4.69) is 4.99 Å². The van der Waals surface area contributed by atoms with Gasteiger partial charge in [-0.1, -0.05) is 60.1 Å². The van der Waals surface area contributed by atoms with Crippen molar-refractivity contribution in [3.8, 4) is 16.9 Å². The fourth-order valence-corrected chi connectivity index (χ4v) is 2.44. The van der Waals surface area contributed by atoms with Gasteiger partial charge in [-0.3, -0.25) is 4.99 Å². The van der Waals surface area contributed by atoms with Gasteiger partial charge in [0.15, 0.2) is 0 Å². The van der Waals surface area contributed by atoms with E-state index in [1.807, 2.05) is 60.7 Å². The predicted molar refractivity (Wildman–Crippen MR) is 92.2 cm³/mol. The van der Waals surface area contributed by atoms with Crippen LogP contribution in [0.25, 0.3) is 11.1 Å².